The number of allylic oxidation sites excluding steroid dienone is 1. The van der Waals surface area contributed by atoms with Crippen LogP contribution in [-0.4, -0.2) is 51.6 Å². The standard InChI is InChI=1S/C36H39FN2O6/c1-2-6-22(17-23-10-15-31(42)30(37)18-23)9-16-32(43)33-24(20-40)19-28-34(29(33)21-41)36(45)39(35(28)44)27-13-11-26(12-14-27)38-25-7-4-3-5-8-25/h3-5,7-8,10-15,17-18,28-29,32,34,38,40-43H,2,6,9,16,19-21H2,1H3/b22-17+/t28-,29+,32-,34-/m1/s1. The van der Waals surface area contributed by atoms with Gasteiger partial charge in [-0.15, -0.1) is 0 Å². The van der Waals surface area contributed by atoms with Gasteiger partial charge >= 0.3 is 0 Å². The third-order valence-electron chi connectivity index (χ3n) is 8.77. The van der Waals surface area contributed by atoms with E-state index in [-0.39, 0.29) is 18.7 Å². The molecule has 3 aromatic rings. The zero-order valence-electron chi connectivity index (χ0n) is 25.2. The number of para-hydroxylation sites is 1. The van der Waals surface area contributed by atoms with Crippen LogP contribution in [-0.2, 0) is 9.59 Å². The number of rotatable bonds is 12. The van der Waals surface area contributed by atoms with Gasteiger partial charge in [0.05, 0.1) is 36.8 Å². The number of hydrogen-bond acceptors (Lipinski definition) is 7. The smallest absolute Gasteiger partial charge is 0.238 e. The number of aliphatic hydroxyl groups excluding tert-OH is 3. The fourth-order valence-electron chi connectivity index (χ4n) is 6.66. The van der Waals surface area contributed by atoms with Crippen molar-refractivity contribution in [3.05, 3.63) is 101 Å². The monoisotopic (exact) mass is 614 g/mol. The Kier molecular flexibility index (Phi) is 10.1. The minimum atomic E-state index is -1.07. The summed E-state index contributed by atoms with van der Waals surface area (Å²) in [6, 6.07) is 20.7. The van der Waals surface area contributed by atoms with Crippen LogP contribution in [0.15, 0.2) is 89.5 Å². The number of carbonyl (C=O) groups excluding carboxylic acids is 2. The molecule has 0 radical (unpaired) electrons. The van der Waals surface area contributed by atoms with Crippen molar-refractivity contribution in [3.8, 4) is 5.75 Å². The number of imide groups is 1. The molecule has 45 heavy (non-hydrogen) atoms. The number of aromatic hydroxyl groups is 1. The van der Waals surface area contributed by atoms with Gasteiger partial charge in [-0.2, -0.15) is 0 Å². The van der Waals surface area contributed by atoms with Crippen LogP contribution in [0.25, 0.3) is 6.08 Å². The molecule has 1 aliphatic heterocycles. The minimum absolute atomic E-state index is 0.114. The molecule has 0 spiro atoms. The number of benzene rings is 3. The van der Waals surface area contributed by atoms with E-state index < -0.39 is 54.5 Å². The first-order valence-corrected chi connectivity index (χ1v) is 15.3. The summed E-state index contributed by atoms with van der Waals surface area (Å²) < 4.78 is 13.9. The number of halogens is 1. The van der Waals surface area contributed by atoms with Crippen LogP contribution >= 0.6 is 0 Å². The lowest BCUT2D eigenvalue weighted by Gasteiger charge is -2.36. The van der Waals surface area contributed by atoms with Gasteiger partial charge in [0.15, 0.2) is 11.6 Å². The van der Waals surface area contributed by atoms with Crippen LogP contribution in [0.5, 0.6) is 5.75 Å². The van der Waals surface area contributed by atoms with E-state index >= 15 is 0 Å². The number of hydrogen-bond donors (Lipinski definition) is 5. The maximum atomic E-state index is 13.9. The molecule has 3 aromatic carbocycles. The SMILES string of the molecule is CCC/C(=C\c1ccc(O)c(F)c1)CC[C@@H](O)C1=C(CO)C[C@H]2C(=O)N(c3ccc(Nc4ccccc4)cc3)C(=O)[C@H]2[C@H]1CO. The number of fused-ring (bicyclic) bond motifs is 1. The summed E-state index contributed by atoms with van der Waals surface area (Å²) in [4.78, 5) is 28.6. The lowest BCUT2D eigenvalue weighted by Crippen LogP contribution is -2.39. The van der Waals surface area contributed by atoms with Crippen molar-refractivity contribution in [3.63, 3.8) is 0 Å². The van der Waals surface area contributed by atoms with Gasteiger partial charge in [0.25, 0.3) is 0 Å². The van der Waals surface area contributed by atoms with Crippen molar-refractivity contribution in [2.75, 3.05) is 23.4 Å². The predicted octanol–water partition coefficient (Wildman–Crippen LogP) is 5.71. The molecule has 1 heterocycles. The Hall–Kier alpha value is -4.31. The van der Waals surface area contributed by atoms with Crippen LogP contribution in [0, 0.1) is 23.6 Å². The Morgan fingerprint density at radius 1 is 1.00 bits per heavy atom. The first-order chi connectivity index (χ1) is 21.7. The third-order valence-corrected chi connectivity index (χ3v) is 8.77. The molecule has 0 saturated carbocycles. The fraction of sp³-hybridized carbons (Fsp3) is 0.333. The molecular formula is C36H39FN2O6. The van der Waals surface area contributed by atoms with E-state index in [0.717, 1.165) is 28.3 Å². The van der Waals surface area contributed by atoms with Gasteiger partial charge in [0.1, 0.15) is 0 Å². The van der Waals surface area contributed by atoms with Crippen LogP contribution < -0.4 is 10.2 Å². The summed E-state index contributed by atoms with van der Waals surface area (Å²) >= 11 is 0. The number of phenols is 1. The molecule has 1 aliphatic carbocycles. The number of phenolic OH excluding ortho intramolecular Hbond substituents is 1. The van der Waals surface area contributed by atoms with E-state index in [1.807, 2.05) is 43.3 Å². The van der Waals surface area contributed by atoms with Gasteiger partial charge in [-0.05, 0) is 90.9 Å². The van der Waals surface area contributed by atoms with Gasteiger partial charge in [0, 0.05) is 17.3 Å². The number of nitrogens with one attached hydrogen (secondary N) is 1. The minimum Gasteiger partial charge on any atom is -0.505 e. The second-order valence-corrected chi connectivity index (χ2v) is 11.7. The summed E-state index contributed by atoms with van der Waals surface area (Å²) in [6.45, 7) is 1.14. The van der Waals surface area contributed by atoms with Crippen molar-refractivity contribution in [1.82, 2.24) is 0 Å². The highest BCUT2D eigenvalue weighted by Gasteiger charge is 2.55. The van der Waals surface area contributed by atoms with Crippen molar-refractivity contribution in [2.45, 2.75) is 45.1 Å². The molecule has 5 N–H and O–H groups in total. The van der Waals surface area contributed by atoms with Crippen molar-refractivity contribution < 1.29 is 34.4 Å². The van der Waals surface area contributed by atoms with Crippen molar-refractivity contribution >= 4 is 35.0 Å². The Balaban J connectivity index is 1.34. The largest absolute Gasteiger partial charge is 0.505 e. The predicted molar refractivity (Wildman–Crippen MR) is 171 cm³/mol. The zero-order valence-corrected chi connectivity index (χ0v) is 25.2. The first kappa shape index (κ1) is 32.1. The molecule has 8 nitrogen and oxygen atoms in total. The number of carbonyl (C=O) groups is 2. The fourth-order valence-corrected chi connectivity index (χ4v) is 6.66. The summed E-state index contributed by atoms with van der Waals surface area (Å²) in [5.41, 5.74) is 4.54. The van der Waals surface area contributed by atoms with Crippen molar-refractivity contribution in [2.24, 2.45) is 17.8 Å². The molecule has 1 saturated heterocycles. The second-order valence-electron chi connectivity index (χ2n) is 11.7. The van der Waals surface area contributed by atoms with Crippen LogP contribution in [0.4, 0.5) is 21.5 Å². The first-order valence-electron chi connectivity index (χ1n) is 15.3. The highest BCUT2D eigenvalue weighted by Crippen LogP contribution is 2.47. The Labute approximate surface area is 262 Å². The van der Waals surface area contributed by atoms with Crippen LogP contribution in [0.2, 0.25) is 0 Å². The van der Waals surface area contributed by atoms with E-state index in [4.69, 9.17) is 0 Å². The zero-order chi connectivity index (χ0) is 32.1. The van der Waals surface area contributed by atoms with E-state index in [2.05, 4.69) is 5.32 Å². The molecule has 0 aromatic heterocycles. The molecular weight excluding hydrogens is 575 g/mol. The number of aliphatic hydroxyl groups is 3. The van der Waals surface area contributed by atoms with Crippen LogP contribution in [0.1, 0.15) is 44.6 Å². The van der Waals surface area contributed by atoms with E-state index in [9.17, 15) is 34.4 Å². The average Bonchev–Trinajstić information content (AvgIpc) is 3.30. The Morgan fingerprint density at radius 3 is 2.36 bits per heavy atom. The van der Waals surface area contributed by atoms with Gasteiger partial charge in [-0.25, -0.2) is 4.39 Å². The molecule has 2 amide bonds. The summed E-state index contributed by atoms with van der Waals surface area (Å²) in [7, 11) is 0. The summed E-state index contributed by atoms with van der Waals surface area (Å²) in [5, 5.41) is 45.0. The highest BCUT2D eigenvalue weighted by atomic mass is 19.1. The summed E-state index contributed by atoms with van der Waals surface area (Å²) in [6.07, 6.45) is 3.11. The van der Waals surface area contributed by atoms with E-state index in [1.165, 1.54) is 12.1 Å². The lowest BCUT2D eigenvalue weighted by atomic mass is 9.68. The summed E-state index contributed by atoms with van der Waals surface area (Å²) in [5.74, 6) is -4.42. The number of nitrogens with zero attached hydrogens (tertiary/aromatic N) is 1. The molecule has 4 atom stereocenters. The second kappa shape index (κ2) is 14.2. The highest BCUT2D eigenvalue weighted by molar-refractivity contribution is 6.22. The molecule has 0 bridgehead atoms. The maximum absolute atomic E-state index is 13.9. The van der Waals surface area contributed by atoms with E-state index in [1.54, 1.807) is 30.3 Å². The number of amides is 2. The lowest BCUT2D eigenvalue weighted by molar-refractivity contribution is -0.123. The molecule has 9 heteroatoms. The Morgan fingerprint density at radius 2 is 1.71 bits per heavy atom. The number of anilines is 3. The van der Waals surface area contributed by atoms with Gasteiger partial charge in [-0.1, -0.05) is 49.3 Å². The molecule has 5 rings (SSSR count). The maximum Gasteiger partial charge on any atom is 0.238 e. The quantitative estimate of drug-likeness (QED) is 0.131. The average molecular weight is 615 g/mol. The normalized spacial score (nSPS) is 20.9. The van der Waals surface area contributed by atoms with Crippen LogP contribution in [0.3, 0.4) is 0 Å². The van der Waals surface area contributed by atoms with Gasteiger partial charge in [0.2, 0.25) is 11.8 Å². The Bertz CT molecular complexity index is 1590. The molecule has 1 fully saturated rings. The molecule has 2 aliphatic rings. The topological polar surface area (TPSA) is 130 Å². The molecule has 0 unspecified atom stereocenters. The molecule has 236 valence electrons. The van der Waals surface area contributed by atoms with Gasteiger partial charge in [-0.3, -0.25) is 14.5 Å². The third kappa shape index (κ3) is 6.86. The van der Waals surface area contributed by atoms with Gasteiger partial charge < -0.3 is 25.7 Å². The van der Waals surface area contributed by atoms with E-state index in [0.29, 0.717) is 35.2 Å². The van der Waals surface area contributed by atoms with Crippen molar-refractivity contribution in [1.29, 1.82) is 0 Å².